The van der Waals surface area contributed by atoms with Crippen LogP contribution in [0.1, 0.15) is 37.8 Å². The summed E-state index contributed by atoms with van der Waals surface area (Å²) >= 11 is 0. The minimum absolute atomic E-state index is 0.102. The van der Waals surface area contributed by atoms with E-state index in [1.54, 1.807) is 26.4 Å². The van der Waals surface area contributed by atoms with Gasteiger partial charge in [0.2, 0.25) is 0 Å². The summed E-state index contributed by atoms with van der Waals surface area (Å²) in [5.74, 6) is 1.14. The van der Waals surface area contributed by atoms with Gasteiger partial charge in [-0.25, -0.2) is 0 Å². The molecule has 0 aliphatic heterocycles. The maximum absolute atomic E-state index is 10.2. The molecule has 0 amide bonds. The number of ether oxygens (including phenoxy) is 2. The van der Waals surface area contributed by atoms with Gasteiger partial charge in [-0.15, -0.1) is 0 Å². The average Bonchev–Trinajstić information content (AvgIpc) is 2.57. The number of phenols is 2. The van der Waals surface area contributed by atoms with Crippen molar-refractivity contribution in [3.63, 3.8) is 0 Å². The molecule has 0 saturated heterocycles. The van der Waals surface area contributed by atoms with Crippen LogP contribution >= 0.6 is 0 Å². The van der Waals surface area contributed by atoms with E-state index in [0.717, 1.165) is 47.9 Å². The number of aryl methyl sites for hydroxylation is 2. The first-order valence-corrected chi connectivity index (χ1v) is 8.35. The fourth-order valence-electron chi connectivity index (χ4n) is 3.00. The van der Waals surface area contributed by atoms with E-state index in [9.17, 15) is 10.2 Å². The highest BCUT2D eigenvalue weighted by Crippen LogP contribution is 2.41. The van der Waals surface area contributed by atoms with Crippen LogP contribution in [-0.4, -0.2) is 24.4 Å². The van der Waals surface area contributed by atoms with Gasteiger partial charge in [-0.2, -0.15) is 0 Å². The van der Waals surface area contributed by atoms with Crippen LogP contribution in [0.15, 0.2) is 24.3 Å². The molecule has 4 heteroatoms. The Balaban J connectivity index is 2.69. The Morgan fingerprint density at radius 2 is 1.08 bits per heavy atom. The molecule has 0 spiro atoms. The third kappa shape index (κ3) is 3.58. The van der Waals surface area contributed by atoms with Gasteiger partial charge in [0.05, 0.1) is 14.2 Å². The molecular weight excluding hydrogens is 304 g/mol. The fourth-order valence-corrected chi connectivity index (χ4v) is 3.00. The molecule has 0 unspecified atom stereocenters. The summed E-state index contributed by atoms with van der Waals surface area (Å²) in [6.07, 6.45) is 3.69. The molecule has 0 bridgehead atoms. The smallest absolute Gasteiger partial charge is 0.160 e. The summed E-state index contributed by atoms with van der Waals surface area (Å²) in [6, 6.07) is 7.21. The van der Waals surface area contributed by atoms with Crippen LogP contribution in [0.25, 0.3) is 11.1 Å². The SMILES string of the molecule is CCCc1cc(OC)c(O)cc1-c1cc(O)c(OC)cc1CCC. The van der Waals surface area contributed by atoms with Crippen molar-refractivity contribution in [2.24, 2.45) is 0 Å². The molecule has 0 heterocycles. The lowest BCUT2D eigenvalue weighted by Crippen LogP contribution is -1.97. The van der Waals surface area contributed by atoms with E-state index in [1.165, 1.54) is 0 Å². The van der Waals surface area contributed by atoms with Crippen molar-refractivity contribution in [3.05, 3.63) is 35.4 Å². The second-order valence-electron chi connectivity index (χ2n) is 5.86. The van der Waals surface area contributed by atoms with Gasteiger partial charge >= 0.3 is 0 Å². The minimum atomic E-state index is 0.102. The number of phenolic OH excluding ortho intramolecular Hbond substituents is 2. The van der Waals surface area contributed by atoms with Crippen LogP contribution in [0, 0.1) is 0 Å². The molecule has 0 saturated carbocycles. The van der Waals surface area contributed by atoms with E-state index < -0.39 is 0 Å². The lowest BCUT2D eigenvalue weighted by atomic mass is 9.90. The molecule has 2 aromatic carbocycles. The second-order valence-corrected chi connectivity index (χ2v) is 5.86. The Kier molecular flexibility index (Phi) is 5.96. The summed E-state index contributed by atoms with van der Waals surface area (Å²) in [6.45, 7) is 4.23. The van der Waals surface area contributed by atoms with E-state index in [0.29, 0.717) is 11.5 Å². The molecule has 0 aliphatic rings. The lowest BCUT2D eigenvalue weighted by molar-refractivity contribution is 0.372. The van der Waals surface area contributed by atoms with Gasteiger partial charge < -0.3 is 19.7 Å². The standard InChI is InChI=1S/C20H26O4/c1-5-7-13-9-19(23-3)17(21)11-15(13)16-12-18(22)20(24-4)10-14(16)8-6-2/h9-12,21-22H,5-8H2,1-4H3. The molecular formula is C20H26O4. The Hall–Kier alpha value is -2.36. The average molecular weight is 330 g/mol. The van der Waals surface area contributed by atoms with E-state index in [-0.39, 0.29) is 11.5 Å². The molecule has 0 atom stereocenters. The van der Waals surface area contributed by atoms with Crippen LogP contribution in [0.4, 0.5) is 0 Å². The van der Waals surface area contributed by atoms with Crippen LogP contribution in [0.2, 0.25) is 0 Å². The molecule has 2 rings (SSSR count). The molecule has 0 aromatic heterocycles. The van der Waals surface area contributed by atoms with Crippen molar-refractivity contribution >= 4 is 0 Å². The maximum Gasteiger partial charge on any atom is 0.160 e. The summed E-state index contributed by atoms with van der Waals surface area (Å²) < 4.78 is 10.5. The lowest BCUT2D eigenvalue weighted by Gasteiger charge is -2.17. The molecule has 0 radical (unpaired) electrons. The first-order valence-electron chi connectivity index (χ1n) is 8.35. The van der Waals surface area contributed by atoms with Crippen molar-refractivity contribution in [1.82, 2.24) is 0 Å². The third-order valence-electron chi connectivity index (χ3n) is 4.14. The van der Waals surface area contributed by atoms with Crippen molar-refractivity contribution in [2.45, 2.75) is 39.5 Å². The number of rotatable bonds is 7. The highest BCUT2D eigenvalue weighted by molar-refractivity contribution is 5.76. The van der Waals surface area contributed by atoms with Crippen molar-refractivity contribution < 1.29 is 19.7 Å². The maximum atomic E-state index is 10.2. The molecule has 0 aliphatic carbocycles. The van der Waals surface area contributed by atoms with Gasteiger partial charge in [-0.3, -0.25) is 0 Å². The van der Waals surface area contributed by atoms with E-state index in [4.69, 9.17) is 9.47 Å². The first kappa shape index (κ1) is 18.0. The zero-order valence-corrected chi connectivity index (χ0v) is 14.8. The Bertz CT molecular complexity index is 646. The Morgan fingerprint density at radius 1 is 0.708 bits per heavy atom. The van der Waals surface area contributed by atoms with Crippen molar-refractivity contribution in [1.29, 1.82) is 0 Å². The van der Waals surface area contributed by atoms with E-state index >= 15 is 0 Å². The summed E-state index contributed by atoms with van der Waals surface area (Å²) in [7, 11) is 3.10. The summed E-state index contributed by atoms with van der Waals surface area (Å²) in [5, 5.41) is 20.4. The first-order chi connectivity index (χ1) is 11.5. The van der Waals surface area contributed by atoms with Gasteiger partial charge in [0.1, 0.15) is 0 Å². The molecule has 24 heavy (non-hydrogen) atoms. The van der Waals surface area contributed by atoms with Crippen LogP contribution in [0.5, 0.6) is 23.0 Å². The van der Waals surface area contributed by atoms with Crippen molar-refractivity contribution in [2.75, 3.05) is 14.2 Å². The second kappa shape index (κ2) is 7.95. The van der Waals surface area contributed by atoms with Gasteiger partial charge in [0.15, 0.2) is 23.0 Å². The van der Waals surface area contributed by atoms with Crippen LogP contribution in [-0.2, 0) is 12.8 Å². The van der Waals surface area contributed by atoms with Gasteiger partial charge in [0.25, 0.3) is 0 Å². The topological polar surface area (TPSA) is 58.9 Å². The van der Waals surface area contributed by atoms with E-state index in [2.05, 4.69) is 13.8 Å². The van der Waals surface area contributed by atoms with Crippen LogP contribution in [0.3, 0.4) is 0 Å². The van der Waals surface area contributed by atoms with Crippen LogP contribution < -0.4 is 9.47 Å². The van der Waals surface area contributed by atoms with Gasteiger partial charge in [-0.05, 0) is 59.4 Å². The Morgan fingerprint density at radius 3 is 1.38 bits per heavy atom. The minimum Gasteiger partial charge on any atom is -0.504 e. The highest BCUT2D eigenvalue weighted by Gasteiger charge is 2.16. The molecule has 0 fully saturated rings. The fraction of sp³-hybridized carbons (Fsp3) is 0.400. The third-order valence-corrected chi connectivity index (χ3v) is 4.14. The molecule has 2 aromatic rings. The largest absolute Gasteiger partial charge is 0.504 e. The number of methoxy groups -OCH3 is 2. The number of aromatic hydroxyl groups is 2. The highest BCUT2D eigenvalue weighted by atomic mass is 16.5. The summed E-state index contributed by atoms with van der Waals surface area (Å²) in [5.41, 5.74) is 4.04. The monoisotopic (exact) mass is 330 g/mol. The molecule has 2 N–H and O–H groups in total. The molecule has 4 nitrogen and oxygen atoms in total. The quantitative estimate of drug-likeness (QED) is 0.773. The predicted molar refractivity (Wildman–Crippen MR) is 96.3 cm³/mol. The zero-order valence-electron chi connectivity index (χ0n) is 14.8. The Labute approximate surface area is 143 Å². The zero-order chi connectivity index (χ0) is 17.7. The normalized spacial score (nSPS) is 10.7. The number of hydrogen-bond acceptors (Lipinski definition) is 4. The van der Waals surface area contributed by atoms with E-state index in [1.807, 2.05) is 12.1 Å². The van der Waals surface area contributed by atoms with Gasteiger partial charge in [0, 0.05) is 0 Å². The predicted octanol–water partition coefficient (Wildman–Crippen LogP) is 4.69. The van der Waals surface area contributed by atoms with Gasteiger partial charge in [-0.1, -0.05) is 26.7 Å². The van der Waals surface area contributed by atoms with Crippen molar-refractivity contribution in [3.8, 4) is 34.1 Å². The summed E-state index contributed by atoms with van der Waals surface area (Å²) in [4.78, 5) is 0. The molecule has 130 valence electrons. The number of hydrogen-bond donors (Lipinski definition) is 2. The number of benzene rings is 2.